The summed E-state index contributed by atoms with van der Waals surface area (Å²) in [4.78, 5) is 24.3. The Morgan fingerprint density at radius 1 is 1.06 bits per heavy atom. The van der Waals surface area contributed by atoms with E-state index in [-0.39, 0.29) is 5.91 Å². The average Bonchev–Trinajstić information content (AvgIpc) is 2.84. The fourth-order valence-electron chi connectivity index (χ4n) is 4.29. The van der Waals surface area contributed by atoms with Gasteiger partial charge in [0.15, 0.2) is 11.5 Å². The summed E-state index contributed by atoms with van der Waals surface area (Å²) in [6.45, 7) is 4.58. The van der Waals surface area contributed by atoms with Gasteiger partial charge in [-0.2, -0.15) is 0 Å². The first kappa shape index (κ1) is 22.7. The molecule has 1 fully saturated rings. The molecule has 0 radical (unpaired) electrons. The van der Waals surface area contributed by atoms with Gasteiger partial charge in [-0.3, -0.25) is 9.69 Å². The number of carbonyl (C=O) groups is 1. The van der Waals surface area contributed by atoms with Gasteiger partial charge < -0.3 is 14.8 Å². The molecule has 0 aliphatic carbocycles. The zero-order valence-electron chi connectivity index (χ0n) is 19.4. The molecular formula is C26H30N4O3. The highest BCUT2D eigenvalue weighted by Gasteiger charge is 2.25. The lowest BCUT2D eigenvalue weighted by molar-refractivity contribution is 0.102. The Morgan fingerprint density at radius 2 is 1.82 bits per heavy atom. The fraction of sp³-hybridized carbons (Fsp3) is 0.346. The SMILES string of the molecule is COc1cccc(CN2CCC(c3ncc(C(=O)Nc4ccccc4)c(C)n3)CC2)c1OC. The van der Waals surface area contributed by atoms with Crippen LogP contribution in [0.1, 0.15) is 46.2 Å². The third kappa shape index (κ3) is 5.31. The predicted molar refractivity (Wildman–Crippen MR) is 128 cm³/mol. The van der Waals surface area contributed by atoms with E-state index in [1.807, 2.05) is 49.4 Å². The topological polar surface area (TPSA) is 76.6 Å². The van der Waals surface area contributed by atoms with Crippen molar-refractivity contribution in [2.24, 2.45) is 0 Å². The van der Waals surface area contributed by atoms with E-state index in [2.05, 4.69) is 21.3 Å². The first-order valence-electron chi connectivity index (χ1n) is 11.2. The van der Waals surface area contributed by atoms with Crippen molar-refractivity contribution in [2.45, 2.75) is 32.2 Å². The van der Waals surface area contributed by atoms with Gasteiger partial charge in [-0.25, -0.2) is 9.97 Å². The van der Waals surface area contributed by atoms with Crippen molar-refractivity contribution in [3.8, 4) is 11.5 Å². The molecule has 0 unspecified atom stereocenters. The fourth-order valence-corrected chi connectivity index (χ4v) is 4.29. The van der Waals surface area contributed by atoms with Crippen LogP contribution in [0.3, 0.4) is 0 Å². The van der Waals surface area contributed by atoms with E-state index in [0.29, 0.717) is 17.2 Å². The number of para-hydroxylation sites is 2. The number of hydrogen-bond donors (Lipinski definition) is 1. The van der Waals surface area contributed by atoms with Crippen LogP contribution >= 0.6 is 0 Å². The molecule has 0 bridgehead atoms. The quantitative estimate of drug-likeness (QED) is 0.578. The minimum atomic E-state index is -0.188. The van der Waals surface area contributed by atoms with Crippen molar-refractivity contribution < 1.29 is 14.3 Å². The largest absolute Gasteiger partial charge is 0.493 e. The van der Waals surface area contributed by atoms with Crippen LogP contribution in [0.15, 0.2) is 54.7 Å². The van der Waals surface area contributed by atoms with Crippen LogP contribution in [0, 0.1) is 6.92 Å². The van der Waals surface area contributed by atoms with Gasteiger partial charge in [0.2, 0.25) is 0 Å². The Bertz CT molecular complexity index is 1100. The third-order valence-electron chi connectivity index (χ3n) is 6.11. The van der Waals surface area contributed by atoms with Gasteiger partial charge in [0.1, 0.15) is 5.82 Å². The van der Waals surface area contributed by atoms with Crippen LogP contribution in [0.2, 0.25) is 0 Å². The minimum absolute atomic E-state index is 0.188. The second kappa shape index (κ2) is 10.4. The van der Waals surface area contributed by atoms with Crippen molar-refractivity contribution in [2.75, 3.05) is 32.6 Å². The maximum absolute atomic E-state index is 12.6. The first-order valence-corrected chi connectivity index (χ1v) is 11.2. The van der Waals surface area contributed by atoms with Crippen LogP contribution < -0.4 is 14.8 Å². The highest BCUT2D eigenvalue weighted by Crippen LogP contribution is 2.33. The molecule has 4 rings (SSSR count). The molecule has 2 aromatic carbocycles. The van der Waals surface area contributed by atoms with Gasteiger partial charge in [-0.15, -0.1) is 0 Å². The van der Waals surface area contributed by atoms with Crippen LogP contribution in [-0.4, -0.2) is 48.1 Å². The molecule has 0 spiro atoms. The number of aryl methyl sites for hydroxylation is 1. The van der Waals surface area contributed by atoms with Crippen molar-refractivity contribution in [1.82, 2.24) is 14.9 Å². The Morgan fingerprint density at radius 3 is 2.48 bits per heavy atom. The smallest absolute Gasteiger partial charge is 0.259 e. The minimum Gasteiger partial charge on any atom is -0.493 e. The first-order chi connectivity index (χ1) is 16.1. The Labute approximate surface area is 194 Å². The van der Waals surface area contributed by atoms with Gasteiger partial charge in [0, 0.05) is 29.9 Å². The summed E-state index contributed by atoms with van der Waals surface area (Å²) < 4.78 is 11.0. The van der Waals surface area contributed by atoms with Crippen molar-refractivity contribution >= 4 is 11.6 Å². The second-order valence-electron chi connectivity index (χ2n) is 8.25. The molecular weight excluding hydrogens is 416 g/mol. The lowest BCUT2D eigenvalue weighted by Crippen LogP contribution is -2.33. The number of aromatic nitrogens is 2. The lowest BCUT2D eigenvalue weighted by atomic mass is 9.95. The molecule has 0 atom stereocenters. The van der Waals surface area contributed by atoms with E-state index in [4.69, 9.17) is 14.5 Å². The molecule has 1 aromatic heterocycles. The molecule has 33 heavy (non-hydrogen) atoms. The number of rotatable bonds is 7. The normalized spacial score (nSPS) is 14.6. The number of likely N-dealkylation sites (tertiary alicyclic amines) is 1. The molecule has 1 amide bonds. The molecule has 2 heterocycles. The van der Waals surface area contributed by atoms with Crippen LogP contribution in [0.4, 0.5) is 5.69 Å². The Kier molecular flexibility index (Phi) is 7.19. The number of amides is 1. The van der Waals surface area contributed by atoms with Gasteiger partial charge in [-0.05, 0) is 51.1 Å². The van der Waals surface area contributed by atoms with E-state index < -0.39 is 0 Å². The molecule has 7 heteroatoms. The number of carbonyl (C=O) groups excluding carboxylic acids is 1. The molecule has 0 saturated carbocycles. The van der Waals surface area contributed by atoms with E-state index in [1.165, 1.54) is 0 Å². The predicted octanol–water partition coefficient (Wildman–Crippen LogP) is 4.43. The summed E-state index contributed by atoms with van der Waals surface area (Å²) in [5.74, 6) is 2.48. The number of benzene rings is 2. The monoisotopic (exact) mass is 446 g/mol. The highest BCUT2D eigenvalue weighted by atomic mass is 16.5. The number of methoxy groups -OCH3 is 2. The van der Waals surface area contributed by atoms with Crippen molar-refractivity contribution in [3.63, 3.8) is 0 Å². The third-order valence-corrected chi connectivity index (χ3v) is 6.11. The summed E-state index contributed by atoms with van der Waals surface area (Å²) >= 11 is 0. The molecule has 1 N–H and O–H groups in total. The Balaban J connectivity index is 1.37. The van der Waals surface area contributed by atoms with Crippen LogP contribution in [0.5, 0.6) is 11.5 Å². The molecule has 1 aliphatic rings. The van der Waals surface area contributed by atoms with E-state index in [9.17, 15) is 4.79 Å². The van der Waals surface area contributed by atoms with Gasteiger partial charge in [0.25, 0.3) is 5.91 Å². The zero-order chi connectivity index (χ0) is 23.2. The summed E-state index contributed by atoms with van der Waals surface area (Å²) in [7, 11) is 3.34. The number of hydrogen-bond acceptors (Lipinski definition) is 6. The molecule has 3 aromatic rings. The number of nitrogens with zero attached hydrogens (tertiary/aromatic N) is 3. The number of nitrogens with one attached hydrogen (secondary N) is 1. The standard InChI is InChI=1S/C26H30N4O3/c1-18-22(26(31)29-21-9-5-4-6-10-21)16-27-25(28-18)19-12-14-30(15-13-19)17-20-8-7-11-23(32-2)24(20)33-3/h4-11,16,19H,12-15,17H2,1-3H3,(H,29,31). The van der Waals surface area contributed by atoms with Gasteiger partial charge in [0.05, 0.1) is 25.5 Å². The van der Waals surface area contributed by atoms with Gasteiger partial charge >= 0.3 is 0 Å². The number of piperidine rings is 1. The summed E-state index contributed by atoms with van der Waals surface area (Å²) in [6.07, 6.45) is 3.60. The van der Waals surface area contributed by atoms with E-state index >= 15 is 0 Å². The van der Waals surface area contributed by atoms with Crippen molar-refractivity contribution in [1.29, 1.82) is 0 Å². The molecule has 1 aliphatic heterocycles. The zero-order valence-corrected chi connectivity index (χ0v) is 19.4. The molecule has 172 valence electrons. The van der Waals surface area contributed by atoms with Crippen LogP contribution in [-0.2, 0) is 6.54 Å². The number of ether oxygens (including phenoxy) is 2. The summed E-state index contributed by atoms with van der Waals surface area (Å²) in [6, 6.07) is 15.4. The maximum atomic E-state index is 12.6. The average molecular weight is 447 g/mol. The van der Waals surface area contributed by atoms with Crippen LogP contribution in [0.25, 0.3) is 0 Å². The maximum Gasteiger partial charge on any atom is 0.259 e. The Hall–Kier alpha value is -3.45. The summed E-state index contributed by atoms with van der Waals surface area (Å²) in [5.41, 5.74) is 3.09. The highest BCUT2D eigenvalue weighted by molar-refractivity contribution is 6.04. The summed E-state index contributed by atoms with van der Waals surface area (Å²) in [5, 5.41) is 2.90. The van der Waals surface area contributed by atoms with E-state index in [0.717, 1.165) is 61.1 Å². The molecule has 1 saturated heterocycles. The van der Waals surface area contributed by atoms with E-state index in [1.54, 1.807) is 20.4 Å². The molecule has 7 nitrogen and oxygen atoms in total. The lowest BCUT2D eigenvalue weighted by Gasteiger charge is -2.31. The second-order valence-corrected chi connectivity index (χ2v) is 8.25. The number of anilines is 1. The van der Waals surface area contributed by atoms with Crippen molar-refractivity contribution in [3.05, 3.63) is 77.4 Å². The van der Waals surface area contributed by atoms with Gasteiger partial charge in [-0.1, -0.05) is 30.3 Å².